The molecule has 6 fully saturated rings. The highest BCUT2D eigenvalue weighted by atomic mass is 16.8. The molecule has 7 rings (SSSR count). The van der Waals surface area contributed by atoms with Crippen LogP contribution in [-0.4, -0.2) is 122 Å². The van der Waals surface area contributed by atoms with Crippen LogP contribution in [-0.2, 0) is 23.7 Å². The van der Waals surface area contributed by atoms with Crippen molar-refractivity contribution in [2.75, 3.05) is 13.2 Å². The fourth-order valence-corrected chi connectivity index (χ4v) is 10.7. The van der Waals surface area contributed by atoms with Crippen LogP contribution in [0.25, 0.3) is 0 Å². The molecule has 0 amide bonds. The van der Waals surface area contributed by atoms with Crippen LogP contribution < -0.4 is 0 Å². The van der Waals surface area contributed by atoms with Gasteiger partial charge in [-0.15, -0.1) is 0 Å². The van der Waals surface area contributed by atoms with Crippen molar-refractivity contribution in [1.29, 1.82) is 0 Å². The molecule has 4 saturated heterocycles. The summed E-state index contributed by atoms with van der Waals surface area (Å²) >= 11 is 0. The minimum atomic E-state index is -1.82. The molecule has 7 aliphatic rings. The minimum absolute atomic E-state index is 0.00803. The third-order valence-corrected chi connectivity index (χ3v) is 14.1. The van der Waals surface area contributed by atoms with Crippen molar-refractivity contribution < 1.29 is 59.4 Å². The third-order valence-electron chi connectivity index (χ3n) is 14.1. The maximum Gasteiger partial charge on any atom is 0.189 e. The van der Waals surface area contributed by atoms with Gasteiger partial charge in [-0.25, -0.2) is 0 Å². The zero-order valence-corrected chi connectivity index (χ0v) is 28.0. The zero-order valence-electron chi connectivity index (χ0n) is 28.0. The first-order valence-electron chi connectivity index (χ1n) is 17.9. The second-order valence-corrected chi connectivity index (χ2v) is 16.6. The van der Waals surface area contributed by atoms with E-state index in [2.05, 4.69) is 39.8 Å². The van der Waals surface area contributed by atoms with Crippen molar-refractivity contribution in [1.82, 2.24) is 0 Å². The Bertz CT molecular complexity index is 1160. The van der Waals surface area contributed by atoms with Crippen LogP contribution in [0.1, 0.15) is 72.6 Å². The SMILES string of the molecule is C[C@@H]1CC[C@@]2(OC1)O[C@@H]1[C@H]3C=C[C@@H]4C[C@@H]([C@H]5O[C@@H](CO)[C@@H](O)[C@@H](O)[C@H]5O[C@@H]5O[C@H](O)[C@H](O)[C@H](O)[C@@H]5O)CC[C@@]4(C)[C@@H]3CC[C@@]1(C)[C@@H]2C. The Balaban J connectivity index is 1.11. The van der Waals surface area contributed by atoms with Gasteiger partial charge in [0, 0.05) is 23.7 Å². The molecule has 12 heteroatoms. The van der Waals surface area contributed by atoms with Gasteiger partial charge in [0.05, 0.1) is 25.4 Å². The van der Waals surface area contributed by atoms with Crippen LogP contribution in [0.5, 0.6) is 0 Å². The van der Waals surface area contributed by atoms with E-state index in [0.29, 0.717) is 17.8 Å². The molecule has 0 bridgehead atoms. The van der Waals surface area contributed by atoms with Crippen LogP contribution >= 0.6 is 0 Å². The first-order valence-corrected chi connectivity index (χ1v) is 17.9. The van der Waals surface area contributed by atoms with E-state index in [0.717, 1.165) is 51.6 Å². The number of aliphatic hydroxyl groups excluding tert-OH is 7. The summed E-state index contributed by atoms with van der Waals surface area (Å²) in [4.78, 5) is 0. The zero-order chi connectivity index (χ0) is 33.6. The Kier molecular flexibility index (Phi) is 9.22. The Morgan fingerprint density at radius 1 is 0.809 bits per heavy atom. The van der Waals surface area contributed by atoms with Crippen molar-refractivity contribution in [2.45, 2.75) is 146 Å². The Hall–Kier alpha value is -0.740. The van der Waals surface area contributed by atoms with Crippen LogP contribution in [0.4, 0.5) is 0 Å². The number of allylic oxidation sites excluding steroid dienone is 1. The highest BCUT2D eigenvalue weighted by molar-refractivity contribution is 5.20. The molecule has 0 radical (unpaired) electrons. The molecule has 47 heavy (non-hydrogen) atoms. The second-order valence-electron chi connectivity index (χ2n) is 16.6. The lowest BCUT2D eigenvalue weighted by Gasteiger charge is -2.59. The highest BCUT2D eigenvalue weighted by Crippen LogP contribution is 2.66. The Labute approximate surface area is 277 Å². The lowest BCUT2D eigenvalue weighted by Crippen LogP contribution is -2.65. The largest absolute Gasteiger partial charge is 0.394 e. The van der Waals surface area contributed by atoms with Crippen LogP contribution in [0.2, 0.25) is 0 Å². The Morgan fingerprint density at radius 2 is 1.55 bits per heavy atom. The summed E-state index contributed by atoms with van der Waals surface area (Å²) in [6, 6.07) is 0. The van der Waals surface area contributed by atoms with Crippen LogP contribution in [0.3, 0.4) is 0 Å². The summed E-state index contributed by atoms with van der Waals surface area (Å²) in [6.07, 6.45) is -3.21. The fraction of sp³-hybridized carbons (Fsp3) is 0.943. The average Bonchev–Trinajstić information content (AvgIpc) is 3.28. The van der Waals surface area contributed by atoms with Gasteiger partial charge in [-0.1, -0.05) is 39.8 Å². The molecular formula is C35H56O12. The topological polar surface area (TPSA) is 188 Å². The second kappa shape index (κ2) is 12.5. The van der Waals surface area contributed by atoms with Crippen molar-refractivity contribution in [3.05, 3.63) is 12.2 Å². The number of ether oxygens (including phenoxy) is 5. The quantitative estimate of drug-likeness (QED) is 0.209. The van der Waals surface area contributed by atoms with Gasteiger partial charge < -0.3 is 59.4 Å². The molecule has 4 heterocycles. The Morgan fingerprint density at radius 3 is 2.26 bits per heavy atom. The summed E-state index contributed by atoms with van der Waals surface area (Å²) in [5, 5.41) is 72.8. The van der Waals surface area contributed by atoms with E-state index in [1.165, 1.54) is 0 Å². The van der Waals surface area contributed by atoms with E-state index in [4.69, 9.17) is 23.7 Å². The number of aliphatic hydroxyl groups is 7. The summed E-state index contributed by atoms with van der Waals surface area (Å²) in [5.41, 5.74) is 0.0420. The molecule has 0 aromatic rings. The van der Waals surface area contributed by atoms with E-state index >= 15 is 0 Å². The van der Waals surface area contributed by atoms with E-state index < -0.39 is 73.8 Å². The maximum absolute atomic E-state index is 11.2. The summed E-state index contributed by atoms with van der Waals surface area (Å²) < 4.78 is 31.1. The van der Waals surface area contributed by atoms with Gasteiger partial charge in [0.1, 0.15) is 42.7 Å². The molecule has 2 saturated carbocycles. The smallest absolute Gasteiger partial charge is 0.189 e. The average molecular weight is 669 g/mol. The molecule has 0 aromatic heterocycles. The predicted octanol–water partition coefficient (Wildman–Crippen LogP) is 0.813. The molecule has 268 valence electrons. The predicted molar refractivity (Wildman–Crippen MR) is 165 cm³/mol. The van der Waals surface area contributed by atoms with Crippen molar-refractivity contribution in [3.63, 3.8) is 0 Å². The lowest BCUT2D eigenvalue weighted by atomic mass is 9.47. The molecule has 4 aliphatic heterocycles. The number of fused-ring (bicyclic) bond motifs is 5. The van der Waals surface area contributed by atoms with Crippen LogP contribution in [0, 0.1) is 46.3 Å². The molecule has 3 aliphatic carbocycles. The fourth-order valence-electron chi connectivity index (χ4n) is 10.7. The number of hydrogen-bond acceptors (Lipinski definition) is 12. The molecular weight excluding hydrogens is 612 g/mol. The molecule has 20 atom stereocenters. The summed E-state index contributed by atoms with van der Waals surface area (Å²) in [7, 11) is 0. The normalized spacial score (nSPS) is 59.3. The minimum Gasteiger partial charge on any atom is -0.394 e. The van der Waals surface area contributed by atoms with Crippen LogP contribution in [0.15, 0.2) is 12.2 Å². The van der Waals surface area contributed by atoms with Gasteiger partial charge in [-0.3, -0.25) is 0 Å². The van der Waals surface area contributed by atoms with Gasteiger partial charge in [0.25, 0.3) is 0 Å². The number of hydrogen-bond donors (Lipinski definition) is 7. The van der Waals surface area contributed by atoms with Crippen molar-refractivity contribution in [3.8, 4) is 0 Å². The van der Waals surface area contributed by atoms with E-state index in [-0.39, 0.29) is 34.7 Å². The van der Waals surface area contributed by atoms with Gasteiger partial charge in [0.2, 0.25) is 0 Å². The first-order chi connectivity index (χ1) is 22.2. The standard InChI is InChI=1S/C35H56O12/c1-16-7-12-35(43-15-16)17(2)33(3)11-9-21-20(30(33)47-35)6-5-19-13-18(8-10-34(19,21)4)28-29(25(39)23(37)22(14-36)44-28)45-32-27(41)24(38)26(40)31(42)46-32/h5-6,16-32,36-42H,7-15H2,1-4H3/t16-,17+,18+,19-,20+,21-,22+,23-,24+,25-,26-,27+,28-,29-,30-,31+,32-,33+,34-,35-/m1/s1. The maximum atomic E-state index is 11.2. The van der Waals surface area contributed by atoms with Gasteiger partial charge in [0.15, 0.2) is 18.4 Å². The molecule has 0 aromatic carbocycles. The third kappa shape index (κ3) is 5.40. The van der Waals surface area contributed by atoms with Gasteiger partial charge in [-0.05, 0) is 67.6 Å². The molecule has 0 unspecified atom stereocenters. The van der Waals surface area contributed by atoms with Crippen molar-refractivity contribution >= 4 is 0 Å². The summed E-state index contributed by atoms with van der Waals surface area (Å²) in [6.45, 7) is 9.60. The molecule has 7 N–H and O–H groups in total. The number of rotatable bonds is 4. The van der Waals surface area contributed by atoms with Gasteiger partial charge >= 0.3 is 0 Å². The van der Waals surface area contributed by atoms with Crippen molar-refractivity contribution in [2.24, 2.45) is 46.3 Å². The summed E-state index contributed by atoms with van der Waals surface area (Å²) in [5.74, 6) is 1.14. The molecule has 12 nitrogen and oxygen atoms in total. The molecule has 1 spiro atoms. The van der Waals surface area contributed by atoms with E-state index in [1.807, 2.05) is 0 Å². The lowest BCUT2D eigenvalue weighted by molar-refractivity contribution is -0.370. The van der Waals surface area contributed by atoms with Gasteiger partial charge in [-0.2, -0.15) is 0 Å². The monoisotopic (exact) mass is 668 g/mol. The van der Waals surface area contributed by atoms with E-state index in [9.17, 15) is 35.7 Å². The van der Waals surface area contributed by atoms with E-state index in [1.54, 1.807) is 0 Å². The first kappa shape index (κ1) is 34.7. The highest BCUT2D eigenvalue weighted by Gasteiger charge is 2.67.